The number of ketones is 1. The van der Waals surface area contributed by atoms with Gasteiger partial charge in [0.15, 0.2) is 23.2 Å². The largest absolute Gasteiger partial charge is 0.366 e. The molecular weight excluding hydrogens is 319 g/mol. The van der Waals surface area contributed by atoms with E-state index in [1.54, 1.807) is 6.07 Å². The van der Waals surface area contributed by atoms with Crippen LogP contribution < -0.4 is 0 Å². The third kappa shape index (κ3) is 4.00. The number of halogens is 3. The van der Waals surface area contributed by atoms with Crippen LogP contribution in [0.25, 0.3) is 0 Å². The Labute approximate surface area is 137 Å². The highest BCUT2D eigenvalue weighted by Crippen LogP contribution is 2.23. The van der Waals surface area contributed by atoms with Crippen LogP contribution >= 0.6 is 0 Å². The molecule has 2 atom stereocenters. The first-order valence-corrected chi connectivity index (χ1v) is 7.17. The lowest BCUT2D eigenvalue weighted by molar-refractivity contribution is -0.130. The lowest BCUT2D eigenvalue weighted by Crippen LogP contribution is -2.26. The Morgan fingerprint density at radius 3 is 2.29 bits per heavy atom. The van der Waals surface area contributed by atoms with E-state index in [0.717, 1.165) is 5.56 Å². The van der Waals surface area contributed by atoms with Gasteiger partial charge in [0.2, 0.25) is 0 Å². The van der Waals surface area contributed by atoms with Crippen LogP contribution in [-0.4, -0.2) is 11.9 Å². The number of hydrogen-bond acceptors (Lipinski definition) is 3. The quantitative estimate of drug-likeness (QED) is 0.754. The van der Waals surface area contributed by atoms with Gasteiger partial charge in [-0.3, -0.25) is 4.79 Å². The van der Waals surface area contributed by atoms with Gasteiger partial charge in [0.25, 0.3) is 0 Å². The van der Waals surface area contributed by atoms with Crippen molar-refractivity contribution in [3.05, 3.63) is 71.0 Å². The van der Waals surface area contributed by atoms with Crippen molar-refractivity contribution in [2.24, 2.45) is 0 Å². The lowest BCUT2D eigenvalue weighted by atomic mass is 9.93. The van der Waals surface area contributed by atoms with Crippen molar-refractivity contribution in [3.8, 4) is 6.07 Å². The summed E-state index contributed by atoms with van der Waals surface area (Å²) in [6.07, 6.45) is -0.967. The Balaban J connectivity index is 2.12. The molecule has 0 saturated carbocycles. The van der Waals surface area contributed by atoms with Crippen LogP contribution in [0.1, 0.15) is 24.0 Å². The zero-order valence-electron chi connectivity index (χ0n) is 12.8. The average Bonchev–Trinajstić information content (AvgIpc) is 2.58. The van der Waals surface area contributed by atoms with E-state index in [1.165, 1.54) is 6.92 Å². The summed E-state index contributed by atoms with van der Waals surface area (Å²) in [7, 11) is 0. The SMILES string of the molecule is CC(OCc1ccccc1)C(=O)C(C#N)c1cc(F)c(F)c(F)c1. The van der Waals surface area contributed by atoms with Crippen LogP contribution in [0.15, 0.2) is 42.5 Å². The molecule has 0 aliphatic heterocycles. The maximum Gasteiger partial charge on any atom is 0.194 e. The van der Waals surface area contributed by atoms with Crippen molar-refractivity contribution >= 4 is 5.78 Å². The van der Waals surface area contributed by atoms with E-state index in [2.05, 4.69) is 0 Å². The summed E-state index contributed by atoms with van der Waals surface area (Å²) in [5.74, 6) is -6.64. The van der Waals surface area contributed by atoms with Crippen LogP contribution in [0.3, 0.4) is 0 Å². The maximum atomic E-state index is 13.3. The second-order valence-electron chi connectivity index (χ2n) is 5.20. The van der Waals surface area contributed by atoms with Crippen molar-refractivity contribution in [3.63, 3.8) is 0 Å². The highest BCUT2D eigenvalue weighted by Gasteiger charge is 2.28. The van der Waals surface area contributed by atoms with Gasteiger partial charge in [-0.2, -0.15) is 5.26 Å². The molecule has 24 heavy (non-hydrogen) atoms. The van der Waals surface area contributed by atoms with E-state index < -0.39 is 35.3 Å². The minimum absolute atomic E-state index is 0.151. The molecule has 124 valence electrons. The first-order valence-electron chi connectivity index (χ1n) is 7.17. The van der Waals surface area contributed by atoms with E-state index in [1.807, 2.05) is 30.3 Å². The molecule has 0 saturated heterocycles. The second kappa shape index (κ2) is 7.75. The van der Waals surface area contributed by atoms with Gasteiger partial charge < -0.3 is 4.74 Å². The summed E-state index contributed by atoms with van der Waals surface area (Å²) in [5, 5.41) is 9.17. The highest BCUT2D eigenvalue weighted by molar-refractivity contribution is 5.91. The Morgan fingerprint density at radius 2 is 1.75 bits per heavy atom. The molecule has 0 aliphatic rings. The van der Waals surface area contributed by atoms with Gasteiger partial charge in [0.05, 0.1) is 12.7 Å². The van der Waals surface area contributed by atoms with Crippen molar-refractivity contribution < 1.29 is 22.7 Å². The van der Waals surface area contributed by atoms with E-state index in [0.29, 0.717) is 12.1 Å². The van der Waals surface area contributed by atoms with Gasteiger partial charge in [-0.25, -0.2) is 13.2 Å². The molecule has 2 aromatic carbocycles. The Kier molecular flexibility index (Phi) is 5.72. The molecule has 0 aliphatic carbocycles. The van der Waals surface area contributed by atoms with Crippen LogP contribution in [0.5, 0.6) is 0 Å². The minimum atomic E-state index is -1.64. The smallest absolute Gasteiger partial charge is 0.194 e. The van der Waals surface area contributed by atoms with Gasteiger partial charge in [-0.1, -0.05) is 30.3 Å². The van der Waals surface area contributed by atoms with Crippen LogP contribution in [0.4, 0.5) is 13.2 Å². The molecule has 0 spiro atoms. The number of rotatable bonds is 6. The Morgan fingerprint density at radius 1 is 1.17 bits per heavy atom. The molecule has 0 heterocycles. The molecule has 3 nitrogen and oxygen atoms in total. The predicted molar refractivity (Wildman–Crippen MR) is 80.4 cm³/mol. The highest BCUT2D eigenvalue weighted by atomic mass is 19.2. The van der Waals surface area contributed by atoms with E-state index in [4.69, 9.17) is 4.74 Å². The van der Waals surface area contributed by atoms with Gasteiger partial charge in [-0.05, 0) is 30.2 Å². The van der Waals surface area contributed by atoms with Crippen LogP contribution in [0, 0.1) is 28.8 Å². The second-order valence-corrected chi connectivity index (χ2v) is 5.20. The molecule has 2 rings (SSSR count). The monoisotopic (exact) mass is 333 g/mol. The third-order valence-corrected chi connectivity index (χ3v) is 3.50. The third-order valence-electron chi connectivity index (χ3n) is 3.50. The topological polar surface area (TPSA) is 50.1 Å². The number of nitrogens with zero attached hydrogens (tertiary/aromatic N) is 1. The van der Waals surface area contributed by atoms with Crippen LogP contribution in [-0.2, 0) is 16.1 Å². The molecule has 0 N–H and O–H groups in total. The summed E-state index contributed by atoms with van der Waals surface area (Å²) >= 11 is 0. The Hall–Kier alpha value is -2.65. The Bertz CT molecular complexity index is 749. The average molecular weight is 333 g/mol. The van der Waals surface area contributed by atoms with Crippen molar-refractivity contribution in [1.82, 2.24) is 0 Å². The number of ether oxygens (including phenoxy) is 1. The first kappa shape index (κ1) is 17.7. The maximum absolute atomic E-state index is 13.3. The fourth-order valence-corrected chi connectivity index (χ4v) is 2.16. The molecule has 0 fully saturated rings. The molecule has 6 heteroatoms. The van der Waals surface area contributed by atoms with Gasteiger partial charge in [0.1, 0.15) is 12.0 Å². The van der Waals surface area contributed by atoms with E-state index >= 15 is 0 Å². The molecule has 0 aromatic heterocycles. The molecule has 0 bridgehead atoms. The minimum Gasteiger partial charge on any atom is -0.366 e. The van der Waals surface area contributed by atoms with E-state index in [-0.39, 0.29) is 12.2 Å². The van der Waals surface area contributed by atoms with Crippen molar-refractivity contribution in [2.75, 3.05) is 0 Å². The molecule has 2 unspecified atom stereocenters. The summed E-state index contributed by atoms with van der Waals surface area (Å²) < 4.78 is 45.0. The number of nitriles is 1. The normalized spacial score (nSPS) is 13.1. The van der Waals surface area contributed by atoms with Gasteiger partial charge >= 0.3 is 0 Å². The van der Waals surface area contributed by atoms with Gasteiger partial charge in [-0.15, -0.1) is 0 Å². The lowest BCUT2D eigenvalue weighted by Gasteiger charge is -2.16. The standard InChI is InChI=1S/C18H14F3NO2/c1-11(24-10-12-5-3-2-4-6-12)18(23)14(9-22)13-7-15(19)17(21)16(20)8-13/h2-8,11,14H,10H2,1H3. The number of carbonyl (C=O) groups is 1. The summed E-state index contributed by atoms with van der Waals surface area (Å²) in [6, 6.07) is 12.1. The summed E-state index contributed by atoms with van der Waals surface area (Å²) in [5.41, 5.74) is 0.596. The van der Waals surface area contributed by atoms with Crippen LogP contribution in [0.2, 0.25) is 0 Å². The fourth-order valence-electron chi connectivity index (χ4n) is 2.16. The molecule has 2 aromatic rings. The van der Waals surface area contributed by atoms with Crippen molar-refractivity contribution in [1.29, 1.82) is 5.26 Å². The fraction of sp³-hybridized carbons (Fsp3) is 0.222. The number of benzene rings is 2. The first-order chi connectivity index (χ1) is 11.4. The molecular formula is C18H14F3NO2. The van der Waals surface area contributed by atoms with Gasteiger partial charge in [0, 0.05) is 0 Å². The number of carbonyl (C=O) groups excluding carboxylic acids is 1. The van der Waals surface area contributed by atoms with E-state index in [9.17, 15) is 23.2 Å². The van der Waals surface area contributed by atoms with Crippen molar-refractivity contribution in [2.45, 2.75) is 25.6 Å². The zero-order valence-corrected chi connectivity index (χ0v) is 12.8. The number of hydrogen-bond donors (Lipinski definition) is 0. The summed E-state index contributed by atoms with van der Waals surface area (Å²) in [6.45, 7) is 1.60. The number of Topliss-reactive ketones (excluding diaryl/α,β-unsaturated/α-hetero) is 1. The summed E-state index contributed by atoms with van der Waals surface area (Å²) in [4.78, 5) is 12.3. The predicted octanol–water partition coefficient (Wildman–Crippen LogP) is 3.89. The zero-order chi connectivity index (χ0) is 17.7. The molecule has 0 amide bonds. The molecule has 0 radical (unpaired) electrons.